The van der Waals surface area contributed by atoms with Crippen molar-refractivity contribution in [2.24, 2.45) is 0 Å². The third-order valence-electron chi connectivity index (χ3n) is 4.76. The molecule has 3 aromatic rings. The van der Waals surface area contributed by atoms with Gasteiger partial charge in [-0.3, -0.25) is 9.69 Å². The lowest BCUT2D eigenvalue weighted by atomic mass is 10.1. The molecule has 0 bridgehead atoms. The third-order valence-corrected chi connectivity index (χ3v) is 5.80. The number of hydrogen-bond donors (Lipinski definition) is 0. The van der Waals surface area contributed by atoms with E-state index in [2.05, 4.69) is 6.07 Å². The summed E-state index contributed by atoms with van der Waals surface area (Å²) < 4.78 is 6.83. The Kier molecular flexibility index (Phi) is 4.88. The Hall–Kier alpha value is -2.75. The number of fused-ring (bicyclic) bond motifs is 1. The first kappa shape index (κ1) is 17.7. The summed E-state index contributed by atoms with van der Waals surface area (Å²) in [4.78, 5) is 19.7. The average Bonchev–Trinajstić information content (AvgIpc) is 3.36. The molecule has 136 valence electrons. The molecule has 0 aliphatic carbocycles. The fraction of sp³-hybridized carbons (Fsp3) is 0.286. The minimum atomic E-state index is -0.119. The van der Waals surface area contributed by atoms with Gasteiger partial charge < -0.3 is 4.74 Å². The highest BCUT2D eigenvalue weighted by atomic mass is 32.1. The highest BCUT2D eigenvalue weighted by molar-refractivity contribution is 7.22. The largest absolute Gasteiger partial charge is 0.376 e. The Bertz CT molecular complexity index is 1010. The van der Waals surface area contributed by atoms with Crippen molar-refractivity contribution in [1.82, 2.24) is 4.98 Å². The number of thiazole rings is 1. The number of benzene rings is 2. The molecule has 1 saturated heterocycles. The summed E-state index contributed by atoms with van der Waals surface area (Å²) in [6.45, 7) is 3.25. The van der Waals surface area contributed by atoms with E-state index in [1.54, 1.807) is 29.2 Å². The van der Waals surface area contributed by atoms with Gasteiger partial charge in [0.1, 0.15) is 0 Å². The van der Waals surface area contributed by atoms with Crippen molar-refractivity contribution < 1.29 is 9.53 Å². The van der Waals surface area contributed by atoms with Gasteiger partial charge in [0.2, 0.25) is 0 Å². The van der Waals surface area contributed by atoms with Crippen LogP contribution in [-0.4, -0.2) is 30.1 Å². The number of nitrogens with zero attached hydrogens (tertiary/aromatic N) is 3. The maximum Gasteiger partial charge on any atom is 0.260 e. The number of amides is 1. The van der Waals surface area contributed by atoms with Gasteiger partial charge in [-0.1, -0.05) is 23.5 Å². The van der Waals surface area contributed by atoms with Crippen LogP contribution in [0.15, 0.2) is 42.5 Å². The number of ether oxygens (including phenoxy) is 1. The monoisotopic (exact) mass is 377 g/mol. The summed E-state index contributed by atoms with van der Waals surface area (Å²) in [5, 5.41) is 9.66. The lowest BCUT2D eigenvalue weighted by Crippen LogP contribution is -2.37. The highest BCUT2D eigenvalue weighted by Crippen LogP contribution is 2.32. The first-order valence-electron chi connectivity index (χ1n) is 8.95. The van der Waals surface area contributed by atoms with Crippen LogP contribution in [0.4, 0.5) is 5.13 Å². The Balaban J connectivity index is 1.71. The van der Waals surface area contributed by atoms with Crippen molar-refractivity contribution >= 4 is 32.6 Å². The zero-order chi connectivity index (χ0) is 18.8. The molecule has 0 saturated carbocycles. The van der Waals surface area contributed by atoms with Crippen LogP contribution < -0.4 is 4.90 Å². The smallest absolute Gasteiger partial charge is 0.260 e. The minimum Gasteiger partial charge on any atom is -0.376 e. The van der Waals surface area contributed by atoms with Gasteiger partial charge >= 0.3 is 0 Å². The summed E-state index contributed by atoms with van der Waals surface area (Å²) in [6, 6.07) is 14.9. The van der Waals surface area contributed by atoms with Gasteiger partial charge in [-0.15, -0.1) is 0 Å². The van der Waals surface area contributed by atoms with E-state index in [1.807, 2.05) is 25.1 Å². The first-order chi connectivity index (χ1) is 13.2. The Morgan fingerprint density at radius 2 is 2.15 bits per heavy atom. The predicted molar refractivity (Wildman–Crippen MR) is 106 cm³/mol. The van der Waals surface area contributed by atoms with E-state index in [0.717, 1.165) is 35.2 Å². The van der Waals surface area contributed by atoms with Crippen LogP contribution in [0.5, 0.6) is 0 Å². The Labute approximate surface area is 161 Å². The fourth-order valence-corrected chi connectivity index (χ4v) is 4.32. The zero-order valence-corrected chi connectivity index (χ0v) is 15.8. The molecule has 1 unspecified atom stereocenters. The van der Waals surface area contributed by atoms with Gasteiger partial charge in [-0.2, -0.15) is 5.26 Å². The molecule has 1 amide bonds. The number of hydrogen-bond acceptors (Lipinski definition) is 5. The van der Waals surface area contributed by atoms with Crippen LogP contribution in [0.2, 0.25) is 0 Å². The highest BCUT2D eigenvalue weighted by Gasteiger charge is 2.27. The number of aryl methyl sites for hydroxylation is 1. The SMILES string of the molecule is Cc1cccc2sc(N(CC3CCCO3)C(=O)c3ccc(C#N)cc3)nc12. The van der Waals surface area contributed by atoms with Crippen LogP contribution in [0.25, 0.3) is 10.2 Å². The molecule has 0 N–H and O–H groups in total. The molecule has 1 fully saturated rings. The minimum absolute atomic E-state index is 0.0282. The van der Waals surface area contributed by atoms with Crippen molar-refractivity contribution in [2.75, 3.05) is 18.1 Å². The summed E-state index contributed by atoms with van der Waals surface area (Å²) in [5.74, 6) is -0.119. The number of aromatic nitrogens is 1. The number of rotatable bonds is 4. The Morgan fingerprint density at radius 1 is 1.33 bits per heavy atom. The second-order valence-corrected chi connectivity index (χ2v) is 7.67. The number of anilines is 1. The van der Waals surface area contributed by atoms with Crippen LogP contribution in [0.3, 0.4) is 0 Å². The van der Waals surface area contributed by atoms with Gasteiger partial charge in [0, 0.05) is 12.2 Å². The maximum atomic E-state index is 13.2. The van der Waals surface area contributed by atoms with Gasteiger partial charge in [0.05, 0.1) is 34.5 Å². The lowest BCUT2D eigenvalue weighted by Gasteiger charge is -2.23. The molecule has 2 aromatic carbocycles. The second-order valence-electron chi connectivity index (χ2n) is 6.66. The van der Waals surface area contributed by atoms with Gasteiger partial charge in [0.15, 0.2) is 5.13 Å². The lowest BCUT2D eigenvalue weighted by molar-refractivity contribution is 0.0917. The fourth-order valence-electron chi connectivity index (χ4n) is 3.27. The van der Waals surface area contributed by atoms with Crippen molar-refractivity contribution in [3.63, 3.8) is 0 Å². The molecule has 1 atom stereocenters. The summed E-state index contributed by atoms with van der Waals surface area (Å²) >= 11 is 1.52. The molecular weight excluding hydrogens is 358 g/mol. The van der Waals surface area contributed by atoms with Crippen molar-refractivity contribution in [3.05, 3.63) is 59.2 Å². The second kappa shape index (κ2) is 7.47. The molecule has 1 aromatic heterocycles. The quantitative estimate of drug-likeness (QED) is 0.680. The summed E-state index contributed by atoms with van der Waals surface area (Å²) in [7, 11) is 0. The third kappa shape index (κ3) is 3.57. The molecule has 2 heterocycles. The zero-order valence-electron chi connectivity index (χ0n) is 15.0. The standard InChI is InChI=1S/C21H19N3O2S/c1-14-4-2-6-18-19(14)23-21(27-18)24(13-17-5-3-11-26-17)20(25)16-9-7-15(12-22)8-10-16/h2,4,6-10,17H,3,5,11,13H2,1H3. The predicted octanol–water partition coefficient (Wildman–Crippen LogP) is 4.30. The molecule has 4 rings (SSSR count). The molecule has 6 heteroatoms. The molecule has 5 nitrogen and oxygen atoms in total. The average molecular weight is 377 g/mol. The van der Waals surface area contributed by atoms with Crippen LogP contribution >= 0.6 is 11.3 Å². The molecular formula is C21H19N3O2S. The number of carbonyl (C=O) groups is 1. The van der Waals surface area contributed by atoms with Gasteiger partial charge in [-0.05, 0) is 55.7 Å². The van der Waals surface area contributed by atoms with Crippen LogP contribution in [0, 0.1) is 18.3 Å². The van der Waals surface area contributed by atoms with E-state index in [4.69, 9.17) is 15.0 Å². The van der Waals surface area contributed by atoms with Crippen LogP contribution in [0.1, 0.15) is 34.3 Å². The first-order valence-corrected chi connectivity index (χ1v) is 9.77. The molecule has 1 aliphatic heterocycles. The molecule has 0 radical (unpaired) electrons. The number of para-hydroxylation sites is 1. The van der Waals surface area contributed by atoms with Crippen molar-refractivity contribution in [3.8, 4) is 6.07 Å². The summed E-state index contributed by atoms with van der Waals surface area (Å²) in [5.41, 5.74) is 3.11. The molecule has 0 spiro atoms. The van der Waals surface area contributed by atoms with E-state index in [9.17, 15) is 4.79 Å². The number of nitriles is 1. The van der Waals surface area contributed by atoms with Crippen molar-refractivity contribution in [2.45, 2.75) is 25.9 Å². The van der Waals surface area contributed by atoms with E-state index >= 15 is 0 Å². The number of carbonyl (C=O) groups excluding carboxylic acids is 1. The van der Waals surface area contributed by atoms with E-state index in [0.29, 0.717) is 22.8 Å². The van der Waals surface area contributed by atoms with Crippen LogP contribution in [-0.2, 0) is 4.74 Å². The maximum absolute atomic E-state index is 13.2. The van der Waals surface area contributed by atoms with Gasteiger partial charge in [-0.25, -0.2) is 4.98 Å². The van der Waals surface area contributed by atoms with E-state index < -0.39 is 0 Å². The van der Waals surface area contributed by atoms with E-state index in [1.165, 1.54) is 11.3 Å². The topological polar surface area (TPSA) is 66.2 Å². The van der Waals surface area contributed by atoms with Crippen molar-refractivity contribution in [1.29, 1.82) is 5.26 Å². The normalized spacial score (nSPS) is 16.4. The molecule has 27 heavy (non-hydrogen) atoms. The molecule has 1 aliphatic rings. The van der Waals surface area contributed by atoms with Gasteiger partial charge in [0.25, 0.3) is 5.91 Å². The Morgan fingerprint density at radius 3 is 2.81 bits per heavy atom. The summed E-state index contributed by atoms with van der Waals surface area (Å²) in [6.07, 6.45) is 1.99. The van der Waals surface area contributed by atoms with E-state index in [-0.39, 0.29) is 12.0 Å².